The Balaban J connectivity index is 2.11. The van der Waals surface area contributed by atoms with E-state index in [1.807, 2.05) is 6.92 Å². The van der Waals surface area contributed by atoms with Crippen molar-refractivity contribution in [2.24, 2.45) is 17.6 Å². The molecule has 0 aliphatic heterocycles. The number of rotatable bonds is 5. The van der Waals surface area contributed by atoms with Crippen LogP contribution in [0, 0.1) is 17.7 Å². The lowest BCUT2D eigenvalue weighted by Crippen LogP contribution is -2.35. The van der Waals surface area contributed by atoms with Gasteiger partial charge in [-0.3, -0.25) is 4.79 Å². The number of halogens is 1. The van der Waals surface area contributed by atoms with Gasteiger partial charge >= 0.3 is 0 Å². The van der Waals surface area contributed by atoms with Crippen molar-refractivity contribution in [1.82, 2.24) is 0 Å². The van der Waals surface area contributed by atoms with E-state index in [-0.39, 0.29) is 23.6 Å². The minimum absolute atomic E-state index is 0.0438. The number of carbonyl (C=O) groups excluding carboxylic acids is 1. The predicted octanol–water partition coefficient (Wildman–Crippen LogP) is 2.93. The van der Waals surface area contributed by atoms with Gasteiger partial charge in [0.2, 0.25) is 5.91 Å². The van der Waals surface area contributed by atoms with Crippen LogP contribution in [0.3, 0.4) is 0 Å². The molecule has 0 bridgehead atoms. The predicted molar refractivity (Wildman–Crippen MR) is 80.7 cm³/mol. The Labute approximate surface area is 124 Å². The largest absolute Gasteiger partial charge is 0.492 e. The van der Waals surface area contributed by atoms with E-state index in [1.54, 1.807) is 6.07 Å². The zero-order chi connectivity index (χ0) is 15.2. The van der Waals surface area contributed by atoms with E-state index in [9.17, 15) is 9.18 Å². The van der Waals surface area contributed by atoms with Crippen LogP contribution in [0.15, 0.2) is 18.2 Å². The number of carbonyl (C=O) groups is 1. The molecular formula is C16H23FN2O2. The van der Waals surface area contributed by atoms with Crippen molar-refractivity contribution in [3.63, 3.8) is 0 Å². The Morgan fingerprint density at radius 2 is 2.19 bits per heavy atom. The van der Waals surface area contributed by atoms with Crippen LogP contribution in [-0.4, -0.2) is 19.1 Å². The van der Waals surface area contributed by atoms with Gasteiger partial charge in [0.25, 0.3) is 0 Å². The summed E-state index contributed by atoms with van der Waals surface area (Å²) in [5, 5.41) is 2.87. The summed E-state index contributed by atoms with van der Waals surface area (Å²) in [6.45, 7) is 2.77. The number of amides is 1. The fourth-order valence-electron chi connectivity index (χ4n) is 2.93. The molecule has 2 unspecified atom stereocenters. The Bertz CT molecular complexity index is 493. The Morgan fingerprint density at radius 1 is 1.43 bits per heavy atom. The average Bonchev–Trinajstić information content (AvgIpc) is 2.50. The molecule has 2 rings (SSSR count). The van der Waals surface area contributed by atoms with E-state index in [1.165, 1.54) is 12.1 Å². The van der Waals surface area contributed by atoms with Crippen LogP contribution in [0.4, 0.5) is 10.1 Å². The molecule has 4 nitrogen and oxygen atoms in total. The average molecular weight is 294 g/mol. The Hall–Kier alpha value is -1.62. The molecule has 0 radical (unpaired) electrons. The summed E-state index contributed by atoms with van der Waals surface area (Å²) in [7, 11) is 0. The quantitative estimate of drug-likeness (QED) is 0.877. The molecule has 116 valence electrons. The zero-order valence-corrected chi connectivity index (χ0v) is 12.4. The van der Waals surface area contributed by atoms with Crippen LogP contribution in [0.1, 0.15) is 32.6 Å². The van der Waals surface area contributed by atoms with Gasteiger partial charge in [-0.05, 0) is 44.4 Å². The fourth-order valence-corrected chi connectivity index (χ4v) is 2.93. The van der Waals surface area contributed by atoms with Crippen LogP contribution >= 0.6 is 0 Å². The lowest BCUT2D eigenvalue weighted by Gasteiger charge is -2.29. The molecule has 1 aromatic rings. The number of ether oxygens (including phenoxy) is 1. The van der Waals surface area contributed by atoms with Crippen molar-refractivity contribution in [3.05, 3.63) is 24.0 Å². The van der Waals surface area contributed by atoms with Gasteiger partial charge in [0.1, 0.15) is 11.6 Å². The minimum atomic E-state index is -0.381. The first kappa shape index (κ1) is 15.8. The molecular weight excluding hydrogens is 271 g/mol. The second-order valence-corrected chi connectivity index (χ2v) is 5.45. The maximum Gasteiger partial charge on any atom is 0.227 e. The van der Waals surface area contributed by atoms with Crippen LogP contribution in [0.2, 0.25) is 0 Å². The van der Waals surface area contributed by atoms with Gasteiger partial charge in [0.15, 0.2) is 0 Å². The lowest BCUT2D eigenvalue weighted by atomic mass is 9.78. The van der Waals surface area contributed by atoms with Crippen molar-refractivity contribution < 1.29 is 13.9 Å². The summed E-state index contributed by atoms with van der Waals surface area (Å²) in [4.78, 5) is 12.5. The van der Waals surface area contributed by atoms with Crippen molar-refractivity contribution in [2.75, 3.05) is 18.5 Å². The third kappa shape index (κ3) is 3.94. The molecule has 3 N–H and O–H groups in total. The number of nitrogens with two attached hydrogens (primary N) is 1. The lowest BCUT2D eigenvalue weighted by molar-refractivity contribution is -0.122. The molecule has 1 aromatic carbocycles. The fraction of sp³-hybridized carbons (Fsp3) is 0.562. The maximum atomic E-state index is 13.3. The molecule has 1 aliphatic rings. The second-order valence-electron chi connectivity index (χ2n) is 5.45. The molecule has 0 heterocycles. The summed E-state index contributed by atoms with van der Waals surface area (Å²) in [5.74, 6) is 0.107. The molecule has 0 spiro atoms. The molecule has 2 atom stereocenters. The third-order valence-corrected chi connectivity index (χ3v) is 4.05. The standard InChI is InChI=1S/C16H23FN2O2/c1-2-21-15-9-12(17)7-8-14(15)19-16(20)13-6-4-3-5-11(13)10-18/h7-9,11,13H,2-6,10,18H2,1H3,(H,19,20). The highest BCUT2D eigenvalue weighted by atomic mass is 19.1. The molecule has 0 saturated heterocycles. The number of hydrogen-bond acceptors (Lipinski definition) is 3. The number of anilines is 1. The first-order valence-corrected chi connectivity index (χ1v) is 7.59. The minimum Gasteiger partial charge on any atom is -0.492 e. The van der Waals surface area contributed by atoms with Crippen LogP contribution in [0.25, 0.3) is 0 Å². The van der Waals surface area contributed by atoms with Gasteiger partial charge < -0.3 is 15.8 Å². The maximum absolute atomic E-state index is 13.3. The monoisotopic (exact) mass is 294 g/mol. The van der Waals surface area contributed by atoms with Gasteiger partial charge in [-0.2, -0.15) is 0 Å². The van der Waals surface area contributed by atoms with E-state index in [0.29, 0.717) is 24.6 Å². The first-order chi connectivity index (χ1) is 10.2. The van der Waals surface area contributed by atoms with Gasteiger partial charge in [-0.15, -0.1) is 0 Å². The highest BCUT2D eigenvalue weighted by Gasteiger charge is 2.30. The SMILES string of the molecule is CCOc1cc(F)ccc1NC(=O)C1CCCCC1CN. The van der Waals surface area contributed by atoms with Crippen molar-refractivity contribution in [2.45, 2.75) is 32.6 Å². The van der Waals surface area contributed by atoms with Gasteiger partial charge in [0, 0.05) is 12.0 Å². The van der Waals surface area contributed by atoms with Crippen LogP contribution in [0.5, 0.6) is 5.75 Å². The normalized spacial score (nSPS) is 21.9. The summed E-state index contributed by atoms with van der Waals surface area (Å²) in [6, 6.07) is 4.15. The molecule has 1 fully saturated rings. The molecule has 5 heteroatoms. The number of benzene rings is 1. The summed E-state index contributed by atoms with van der Waals surface area (Å²) in [6.07, 6.45) is 4.04. The molecule has 21 heavy (non-hydrogen) atoms. The number of nitrogens with one attached hydrogen (secondary N) is 1. The molecule has 1 amide bonds. The number of hydrogen-bond donors (Lipinski definition) is 2. The topological polar surface area (TPSA) is 64.3 Å². The summed E-state index contributed by atoms with van der Waals surface area (Å²) in [5.41, 5.74) is 6.29. The Morgan fingerprint density at radius 3 is 2.90 bits per heavy atom. The van der Waals surface area contributed by atoms with E-state index in [4.69, 9.17) is 10.5 Å². The van der Waals surface area contributed by atoms with E-state index >= 15 is 0 Å². The summed E-state index contributed by atoms with van der Waals surface area (Å²) >= 11 is 0. The van der Waals surface area contributed by atoms with Crippen molar-refractivity contribution >= 4 is 11.6 Å². The third-order valence-electron chi connectivity index (χ3n) is 4.05. The zero-order valence-electron chi connectivity index (χ0n) is 12.4. The van der Waals surface area contributed by atoms with Gasteiger partial charge in [-0.25, -0.2) is 4.39 Å². The highest BCUT2D eigenvalue weighted by Crippen LogP contribution is 2.32. The van der Waals surface area contributed by atoms with Crippen molar-refractivity contribution in [3.8, 4) is 5.75 Å². The highest BCUT2D eigenvalue weighted by molar-refractivity contribution is 5.94. The van der Waals surface area contributed by atoms with Crippen molar-refractivity contribution in [1.29, 1.82) is 0 Å². The van der Waals surface area contributed by atoms with Crippen LogP contribution in [-0.2, 0) is 4.79 Å². The molecule has 0 aromatic heterocycles. The van der Waals surface area contributed by atoms with E-state index < -0.39 is 0 Å². The second kappa shape index (κ2) is 7.41. The molecule has 1 saturated carbocycles. The Kier molecular flexibility index (Phi) is 5.56. The molecule has 1 aliphatic carbocycles. The van der Waals surface area contributed by atoms with E-state index in [2.05, 4.69) is 5.32 Å². The van der Waals surface area contributed by atoms with Crippen LogP contribution < -0.4 is 15.8 Å². The van der Waals surface area contributed by atoms with Gasteiger partial charge in [-0.1, -0.05) is 12.8 Å². The smallest absolute Gasteiger partial charge is 0.227 e. The van der Waals surface area contributed by atoms with E-state index in [0.717, 1.165) is 25.7 Å². The first-order valence-electron chi connectivity index (χ1n) is 7.59. The summed E-state index contributed by atoms with van der Waals surface area (Å²) < 4.78 is 18.6. The van der Waals surface area contributed by atoms with Gasteiger partial charge in [0.05, 0.1) is 12.3 Å².